The van der Waals surface area contributed by atoms with E-state index in [1.807, 2.05) is 0 Å². The molecule has 1 heterocycles. The normalized spacial score (nSPS) is 20.1. The molecule has 1 aromatic rings. The molecular weight excluding hydrogens is 380 g/mol. The van der Waals surface area contributed by atoms with E-state index in [-0.39, 0.29) is 36.0 Å². The van der Waals surface area contributed by atoms with Crippen LogP contribution in [0.15, 0.2) is 27.6 Å². The van der Waals surface area contributed by atoms with E-state index in [1.54, 1.807) is 12.1 Å². The van der Waals surface area contributed by atoms with Gasteiger partial charge in [0.25, 0.3) is 0 Å². The maximum Gasteiger partial charge on any atom is 0.244 e. The zero-order valence-electron chi connectivity index (χ0n) is 11.3. The molecule has 0 atom stereocenters. The summed E-state index contributed by atoms with van der Waals surface area (Å²) < 4.78 is 50.3. The Kier molecular flexibility index (Phi) is 5.09. The molecule has 0 saturated carbocycles. The molecule has 0 unspecified atom stereocenters. The minimum absolute atomic E-state index is 0.00996. The van der Waals surface area contributed by atoms with Crippen molar-refractivity contribution in [1.82, 2.24) is 4.31 Å². The lowest BCUT2D eigenvalue weighted by Crippen LogP contribution is -2.34. The molecule has 0 aliphatic carbocycles. The van der Waals surface area contributed by atoms with Crippen LogP contribution in [0.5, 0.6) is 0 Å². The summed E-state index contributed by atoms with van der Waals surface area (Å²) in [6, 6.07) is 4.92. The summed E-state index contributed by atoms with van der Waals surface area (Å²) >= 11 is 3.24. The number of hydrogen-bond acceptors (Lipinski definition) is 5. The number of nitrogens with zero attached hydrogens (tertiary/aromatic N) is 1. The summed E-state index contributed by atoms with van der Waals surface area (Å²) in [5.74, 6) is -0.108. The average Bonchev–Trinajstić information content (AvgIpc) is 2.60. The monoisotopic (exact) mass is 396 g/mol. The van der Waals surface area contributed by atoms with Crippen LogP contribution in [0.25, 0.3) is 0 Å². The summed E-state index contributed by atoms with van der Waals surface area (Å²) in [5, 5.41) is 0. The second-order valence-electron chi connectivity index (χ2n) is 4.88. The third-order valence-electron chi connectivity index (χ3n) is 3.36. The minimum Gasteiger partial charge on any atom is -0.326 e. The summed E-state index contributed by atoms with van der Waals surface area (Å²) in [6.45, 7) is 0.439. The molecule has 0 spiro atoms. The number of sulfone groups is 1. The van der Waals surface area contributed by atoms with E-state index < -0.39 is 19.9 Å². The van der Waals surface area contributed by atoms with Crippen LogP contribution in [0.4, 0.5) is 0 Å². The maximum absolute atomic E-state index is 12.7. The molecule has 2 N–H and O–H groups in total. The Bertz CT molecular complexity index is 732. The fraction of sp³-hybridized carbons (Fsp3) is 0.500. The lowest BCUT2D eigenvalue weighted by atomic mass is 10.2. The predicted molar refractivity (Wildman–Crippen MR) is 84.1 cm³/mol. The van der Waals surface area contributed by atoms with Crippen molar-refractivity contribution in [3.8, 4) is 0 Å². The highest BCUT2D eigenvalue weighted by Crippen LogP contribution is 2.27. The van der Waals surface area contributed by atoms with Crippen molar-refractivity contribution in [2.75, 3.05) is 24.6 Å². The van der Waals surface area contributed by atoms with Gasteiger partial charge in [-0.25, -0.2) is 16.8 Å². The number of benzene rings is 1. The second-order valence-corrected chi connectivity index (χ2v) is 9.94. The quantitative estimate of drug-likeness (QED) is 0.811. The van der Waals surface area contributed by atoms with Gasteiger partial charge in [-0.15, -0.1) is 0 Å². The van der Waals surface area contributed by atoms with Crippen LogP contribution in [-0.2, 0) is 26.4 Å². The molecule has 1 aliphatic rings. The highest BCUT2D eigenvalue weighted by molar-refractivity contribution is 9.10. The van der Waals surface area contributed by atoms with Crippen molar-refractivity contribution in [3.05, 3.63) is 28.2 Å². The maximum atomic E-state index is 12.7. The lowest BCUT2D eigenvalue weighted by molar-refractivity contribution is 0.434. The molecule has 0 amide bonds. The minimum atomic E-state index is -3.73. The molecule has 0 aromatic heterocycles. The molecule has 1 aliphatic heterocycles. The van der Waals surface area contributed by atoms with Gasteiger partial charge in [0, 0.05) is 24.1 Å². The van der Waals surface area contributed by atoms with Crippen molar-refractivity contribution < 1.29 is 16.8 Å². The molecule has 21 heavy (non-hydrogen) atoms. The van der Waals surface area contributed by atoms with E-state index in [2.05, 4.69) is 15.9 Å². The van der Waals surface area contributed by atoms with E-state index in [0.717, 1.165) is 0 Å². The highest BCUT2D eigenvalue weighted by Gasteiger charge is 2.30. The van der Waals surface area contributed by atoms with E-state index in [1.165, 1.54) is 10.4 Å². The summed E-state index contributed by atoms with van der Waals surface area (Å²) in [4.78, 5) is 0.129. The molecule has 0 bridgehead atoms. The molecule has 2 rings (SSSR count). The second kappa shape index (κ2) is 6.33. The summed E-state index contributed by atoms with van der Waals surface area (Å²) in [5.41, 5.74) is 6.26. The van der Waals surface area contributed by atoms with Gasteiger partial charge in [-0.2, -0.15) is 4.31 Å². The fourth-order valence-corrected chi connectivity index (χ4v) is 6.01. The number of hydrogen-bond donors (Lipinski definition) is 1. The van der Waals surface area contributed by atoms with E-state index >= 15 is 0 Å². The van der Waals surface area contributed by atoms with Crippen LogP contribution in [0.3, 0.4) is 0 Å². The molecular formula is C12H17BrN2O4S2. The Hall–Kier alpha value is -0.480. The first-order valence-corrected chi connectivity index (χ1v) is 10.5. The van der Waals surface area contributed by atoms with Crippen molar-refractivity contribution in [2.24, 2.45) is 5.73 Å². The van der Waals surface area contributed by atoms with Gasteiger partial charge in [-0.3, -0.25) is 0 Å². The highest BCUT2D eigenvalue weighted by atomic mass is 79.9. The standard InChI is InChI=1S/C12H17BrN2O4S2/c13-11-3-2-10(9-14)8-12(11)21(18,19)15-4-1-6-20(16,17)7-5-15/h2-3,8H,1,4-7,9,14H2. The predicted octanol–water partition coefficient (Wildman–Crippen LogP) is 0.717. The Balaban J connectivity index is 2.38. The van der Waals surface area contributed by atoms with Crippen molar-refractivity contribution in [3.63, 3.8) is 0 Å². The summed E-state index contributed by atoms with van der Waals surface area (Å²) in [7, 11) is -6.89. The zero-order chi connectivity index (χ0) is 15.7. The molecule has 9 heteroatoms. The van der Waals surface area contributed by atoms with Gasteiger partial charge in [0.05, 0.1) is 16.4 Å². The van der Waals surface area contributed by atoms with E-state index in [4.69, 9.17) is 5.73 Å². The van der Waals surface area contributed by atoms with Crippen LogP contribution in [0.2, 0.25) is 0 Å². The van der Waals surface area contributed by atoms with E-state index in [0.29, 0.717) is 16.5 Å². The zero-order valence-corrected chi connectivity index (χ0v) is 14.5. The number of rotatable bonds is 3. The lowest BCUT2D eigenvalue weighted by Gasteiger charge is -2.20. The third-order valence-corrected chi connectivity index (χ3v) is 7.97. The molecule has 1 fully saturated rings. The first-order valence-electron chi connectivity index (χ1n) is 6.45. The van der Waals surface area contributed by atoms with Crippen molar-refractivity contribution in [1.29, 1.82) is 0 Å². The number of sulfonamides is 1. The first kappa shape index (κ1) is 16.9. The van der Waals surface area contributed by atoms with Gasteiger partial charge >= 0.3 is 0 Å². The Morgan fingerprint density at radius 1 is 1.24 bits per heavy atom. The topological polar surface area (TPSA) is 97.5 Å². The molecule has 1 aromatic carbocycles. The Morgan fingerprint density at radius 2 is 1.95 bits per heavy atom. The van der Waals surface area contributed by atoms with E-state index in [9.17, 15) is 16.8 Å². The first-order chi connectivity index (χ1) is 9.76. The Labute approximate surface area is 133 Å². The van der Waals surface area contributed by atoms with Crippen LogP contribution in [0.1, 0.15) is 12.0 Å². The van der Waals surface area contributed by atoms with Gasteiger partial charge in [0.2, 0.25) is 10.0 Å². The molecule has 118 valence electrons. The molecule has 6 nitrogen and oxygen atoms in total. The van der Waals surface area contributed by atoms with Gasteiger partial charge in [0.1, 0.15) is 0 Å². The average molecular weight is 397 g/mol. The van der Waals surface area contributed by atoms with Crippen molar-refractivity contribution >= 4 is 35.8 Å². The van der Waals surface area contributed by atoms with Crippen LogP contribution in [0, 0.1) is 0 Å². The smallest absolute Gasteiger partial charge is 0.244 e. The fourth-order valence-electron chi connectivity index (χ4n) is 2.17. The van der Waals surface area contributed by atoms with Gasteiger partial charge < -0.3 is 5.73 Å². The van der Waals surface area contributed by atoms with Crippen LogP contribution >= 0.6 is 15.9 Å². The van der Waals surface area contributed by atoms with Crippen molar-refractivity contribution in [2.45, 2.75) is 17.9 Å². The largest absolute Gasteiger partial charge is 0.326 e. The van der Waals surface area contributed by atoms with Gasteiger partial charge in [-0.1, -0.05) is 6.07 Å². The van der Waals surface area contributed by atoms with Gasteiger partial charge in [-0.05, 0) is 40.0 Å². The molecule has 1 saturated heterocycles. The third kappa shape index (κ3) is 3.84. The van der Waals surface area contributed by atoms with Crippen LogP contribution in [-0.4, -0.2) is 45.7 Å². The van der Waals surface area contributed by atoms with Crippen LogP contribution < -0.4 is 5.73 Å². The number of halogens is 1. The SMILES string of the molecule is NCc1ccc(Br)c(S(=O)(=O)N2CCCS(=O)(=O)CC2)c1. The van der Waals surface area contributed by atoms with Gasteiger partial charge in [0.15, 0.2) is 9.84 Å². The Morgan fingerprint density at radius 3 is 2.62 bits per heavy atom. The summed E-state index contributed by atoms with van der Waals surface area (Å²) in [6.07, 6.45) is 0.315. The number of nitrogens with two attached hydrogens (primary N) is 1. The molecule has 0 radical (unpaired) electrons.